The smallest absolute Gasteiger partial charge is 0.251 e. The van der Waals surface area contributed by atoms with Gasteiger partial charge in [-0.2, -0.15) is 0 Å². The van der Waals surface area contributed by atoms with Crippen molar-refractivity contribution >= 4 is 17.7 Å². The number of nitrogens with zero attached hydrogens (tertiary/aromatic N) is 2. The van der Waals surface area contributed by atoms with Gasteiger partial charge in [0.15, 0.2) is 0 Å². The average molecular weight is 426 g/mol. The molecule has 5 atom stereocenters. The normalized spacial score (nSPS) is 32.5. The second kappa shape index (κ2) is 8.61. The van der Waals surface area contributed by atoms with Crippen LogP contribution in [0.4, 0.5) is 0 Å². The van der Waals surface area contributed by atoms with Crippen LogP contribution >= 0.6 is 0 Å². The number of hydrogen-bond donors (Lipinski definition) is 1. The Morgan fingerprint density at radius 2 is 1.87 bits per heavy atom. The standard InChI is InChI=1S/C24H31N3O4/c28-21-10-4-8-19-17-12-18(15-26(14-17)24(30)20-9-5-11-31-20)22(27(19)21)23(29)25-13-16-6-2-1-3-7-16/h1-3,6-7,17-20,22H,4-5,8-15H2,(H,25,29)/t17-,18+,19+,20-,22-/m1/s1. The number of likely N-dealkylation sites (tertiary alicyclic amines) is 1. The lowest BCUT2D eigenvalue weighted by molar-refractivity contribution is -0.165. The molecule has 31 heavy (non-hydrogen) atoms. The van der Waals surface area contributed by atoms with E-state index in [-0.39, 0.29) is 41.7 Å². The van der Waals surface area contributed by atoms with Gasteiger partial charge in [0.2, 0.25) is 11.8 Å². The van der Waals surface area contributed by atoms with Crippen molar-refractivity contribution in [3.05, 3.63) is 35.9 Å². The summed E-state index contributed by atoms with van der Waals surface area (Å²) in [5.74, 6) is 0.264. The third-order valence-electron chi connectivity index (χ3n) is 7.44. The Kier molecular flexibility index (Phi) is 5.69. The van der Waals surface area contributed by atoms with Gasteiger partial charge in [0.1, 0.15) is 12.1 Å². The summed E-state index contributed by atoms with van der Waals surface area (Å²) in [6.07, 6.45) is 4.54. The Labute approximate surface area is 183 Å². The van der Waals surface area contributed by atoms with Crippen LogP contribution in [0.2, 0.25) is 0 Å². The van der Waals surface area contributed by atoms with Crippen molar-refractivity contribution in [1.29, 1.82) is 0 Å². The van der Waals surface area contributed by atoms with Crippen molar-refractivity contribution in [2.45, 2.75) is 63.3 Å². The van der Waals surface area contributed by atoms with Gasteiger partial charge in [-0.3, -0.25) is 14.4 Å². The molecule has 0 spiro atoms. The van der Waals surface area contributed by atoms with Crippen LogP contribution in [-0.4, -0.2) is 65.4 Å². The van der Waals surface area contributed by atoms with E-state index in [1.165, 1.54) is 0 Å². The molecule has 4 fully saturated rings. The summed E-state index contributed by atoms with van der Waals surface area (Å²) in [7, 11) is 0. The topological polar surface area (TPSA) is 79.0 Å². The maximum Gasteiger partial charge on any atom is 0.251 e. The van der Waals surface area contributed by atoms with Gasteiger partial charge in [-0.25, -0.2) is 0 Å². The summed E-state index contributed by atoms with van der Waals surface area (Å²) < 4.78 is 5.64. The van der Waals surface area contributed by atoms with E-state index < -0.39 is 6.04 Å². The molecule has 0 unspecified atom stereocenters. The van der Waals surface area contributed by atoms with Crippen molar-refractivity contribution in [3.63, 3.8) is 0 Å². The van der Waals surface area contributed by atoms with Crippen molar-refractivity contribution in [2.24, 2.45) is 11.8 Å². The van der Waals surface area contributed by atoms with E-state index in [1.54, 1.807) is 0 Å². The predicted molar refractivity (Wildman–Crippen MR) is 114 cm³/mol. The molecule has 7 nitrogen and oxygen atoms in total. The molecule has 1 N–H and O–H groups in total. The van der Waals surface area contributed by atoms with Gasteiger partial charge in [-0.15, -0.1) is 0 Å². The lowest BCUT2D eigenvalue weighted by Crippen LogP contribution is -2.69. The summed E-state index contributed by atoms with van der Waals surface area (Å²) in [6, 6.07) is 9.36. The first-order valence-corrected chi connectivity index (χ1v) is 11.6. The Balaban J connectivity index is 1.36. The molecular weight excluding hydrogens is 394 g/mol. The molecule has 166 valence electrons. The van der Waals surface area contributed by atoms with Crippen LogP contribution in [0.15, 0.2) is 30.3 Å². The Bertz CT molecular complexity index is 838. The molecule has 2 bridgehead atoms. The summed E-state index contributed by atoms with van der Waals surface area (Å²) in [4.78, 5) is 43.2. The molecule has 0 aromatic heterocycles. The molecule has 4 saturated heterocycles. The molecule has 3 amide bonds. The average Bonchev–Trinajstić information content (AvgIpc) is 3.33. The van der Waals surface area contributed by atoms with Gasteiger partial charge < -0.3 is 19.9 Å². The van der Waals surface area contributed by atoms with E-state index >= 15 is 0 Å². The van der Waals surface area contributed by atoms with Crippen LogP contribution in [0.5, 0.6) is 0 Å². The summed E-state index contributed by atoms with van der Waals surface area (Å²) in [5, 5.41) is 3.06. The van der Waals surface area contributed by atoms with Crippen LogP contribution in [0.25, 0.3) is 0 Å². The van der Waals surface area contributed by atoms with E-state index in [2.05, 4.69) is 5.32 Å². The number of ether oxygens (including phenoxy) is 1. The maximum atomic E-state index is 13.4. The maximum absolute atomic E-state index is 13.4. The van der Waals surface area contributed by atoms with E-state index in [9.17, 15) is 14.4 Å². The van der Waals surface area contributed by atoms with Gasteiger partial charge >= 0.3 is 0 Å². The molecule has 4 aliphatic heterocycles. The van der Waals surface area contributed by atoms with Crippen molar-refractivity contribution in [3.8, 4) is 0 Å². The lowest BCUT2D eigenvalue weighted by atomic mass is 9.71. The first-order chi connectivity index (χ1) is 15.1. The van der Waals surface area contributed by atoms with Crippen LogP contribution in [-0.2, 0) is 25.7 Å². The SMILES string of the molecule is O=C(NCc1ccccc1)[C@H]1[C@H]2C[C@H](CN(C(=O)[C@H]3CCCO3)C2)[C@@H]2CCCC(=O)N21. The summed E-state index contributed by atoms with van der Waals surface area (Å²) >= 11 is 0. The van der Waals surface area contributed by atoms with E-state index in [0.717, 1.165) is 37.7 Å². The molecule has 0 aliphatic carbocycles. The highest BCUT2D eigenvalue weighted by Gasteiger charge is 2.52. The zero-order valence-electron chi connectivity index (χ0n) is 17.9. The third kappa shape index (κ3) is 3.95. The van der Waals surface area contributed by atoms with Crippen molar-refractivity contribution < 1.29 is 19.1 Å². The summed E-state index contributed by atoms with van der Waals surface area (Å²) in [6.45, 7) is 2.28. The first kappa shape index (κ1) is 20.5. The molecule has 0 radical (unpaired) electrons. The molecule has 4 aliphatic rings. The fourth-order valence-electron chi connectivity index (χ4n) is 6.04. The molecule has 5 rings (SSSR count). The summed E-state index contributed by atoms with van der Waals surface area (Å²) in [5.41, 5.74) is 1.03. The highest BCUT2D eigenvalue weighted by Crippen LogP contribution is 2.42. The van der Waals surface area contributed by atoms with E-state index in [4.69, 9.17) is 4.74 Å². The number of carbonyl (C=O) groups is 3. The predicted octanol–water partition coefficient (Wildman–Crippen LogP) is 1.71. The Hall–Kier alpha value is -2.41. The minimum absolute atomic E-state index is 0.0295. The molecule has 4 heterocycles. The molecular formula is C24H31N3O4. The number of rotatable bonds is 4. The highest BCUT2D eigenvalue weighted by atomic mass is 16.5. The fourth-order valence-corrected chi connectivity index (χ4v) is 6.04. The fraction of sp³-hybridized carbons (Fsp3) is 0.625. The van der Waals surface area contributed by atoms with Crippen LogP contribution in [0.3, 0.4) is 0 Å². The second-order valence-corrected chi connectivity index (χ2v) is 9.41. The zero-order chi connectivity index (χ0) is 21.4. The molecule has 0 saturated carbocycles. The van der Waals surface area contributed by atoms with Gasteiger partial charge in [0.25, 0.3) is 5.91 Å². The quantitative estimate of drug-likeness (QED) is 0.797. The highest BCUT2D eigenvalue weighted by molar-refractivity contribution is 5.89. The minimum atomic E-state index is -0.502. The number of hydrogen-bond acceptors (Lipinski definition) is 4. The Morgan fingerprint density at radius 1 is 1.06 bits per heavy atom. The van der Waals surface area contributed by atoms with Crippen LogP contribution < -0.4 is 5.32 Å². The van der Waals surface area contributed by atoms with Gasteiger partial charge in [-0.1, -0.05) is 30.3 Å². The zero-order valence-corrected chi connectivity index (χ0v) is 17.9. The number of benzene rings is 1. The van der Waals surface area contributed by atoms with Gasteiger partial charge in [0, 0.05) is 44.6 Å². The third-order valence-corrected chi connectivity index (χ3v) is 7.44. The van der Waals surface area contributed by atoms with E-state index in [0.29, 0.717) is 32.7 Å². The largest absolute Gasteiger partial charge is 0.368 e. The van der Waals surface area contributed by atoms with E-state index in [1.807, 2.05) is 40.1 Å². The minimum Gasteiger partial charge on any atom is -0.368 e. The van der Waals surface area contributed by atoms with Gasteiger partial charge in [0.05, 0.1) is 0 Å². The van der Waals surface area contributed by atoms with Crippen LogP contribution in [0.1, 0.15) is 44.1 Å². The lowest BCUT2D eigenvalue weighted by Gasteiger charge is -2.56. The molecule has 1 aromatic rings. The molecule has 1 aromatic carbocycles. The number of nitrogens with one attached hydrogen (secondary N) is 1. The van der Waals surface area contributed by atoms with Crippen LogP contribution in [0, 0.1) is 11.8 Å². The monoisotopic (exact) mass is 425 g/mol. The Morgan fingerprint density at radius 3 is 2.65 bits per heavy atom. The number of amides is 3. The second-order valence-electron chi connectivity index (χ2n) is 9.41. The van der Waals surface area contributed by atoms with Crippen molar-refractivity contribution in [1.82, 2.24) is 15.1 Å². The van der Waals surface area contributed by atoms with Gasteiger partial charge in [-0.05, 0) is 43.6 Å². The van der Waals surface area contributed by atoms with Crippen molar-refractivity contribution in [2.75, 3.05) is 19.7 Å². The first-order valence-electron chi connectivity index (χ1n) is 11.6. The number of fused-ring (bicyclic) bond motifs is 4. The number of piperidine rings is 3. The number of carbonyl (C=O) groups excluding carboxylic acids is 3. The molecule has 7 heteroatoms.